The lowest BCUT2D eigenvalue weighted by atomic mass is 10.1. The summed E-state index contributed by atoms with van der Waals surface area (Å²) < 4.78 is 0. The minimum Gasteiger partial charge on any atom is -0.346 e. The van der Waals surface area contributed by atoms with E-state index < -0.39 is 0 Å². The first-order valence-corrected chi connectivity index (χ1v) is 9.37. The van der Waals surface area contributed by atoms with Crippen LogP contribution in [0, 0.1) is 0 Å². The second-order valence-electron chi connectivity index (χ2n) is 5.96. The largest absolute Gasteiger partial charge is 0.346 e. The Hall–Kier alpha value is -0.0500. The number of nitrogens with zero attached hydrogens (tertiary/aromatic N) is 1. The molecular formula is C17H34BrNO. The third-order valence-electron chi connectivity index (χ3n) is 3.78. The van der Waals surface area contributed by atoms with E-state index in [4.69, 9.17) is 0 Å². The monoisotopic (exact) mass is 347 g/mol. The van der Waals surface area contributed by atoms with Gasteiger partial charge in [0.1, 0.15) is 0 Å². The smallest absolute Gasteiger partial charge is 0.222 e. The fourth-order valence-corrected chi connectivity index (χ4v) is 2.48. The average Bonchev–Trinajstić information content (AvgIpc) is 2.42. The summed E-state index contributed by atoms with van der Waals surface area (Å²) in [5, 5.41) is 0. The van der Waals surface area contributed by atoms with Gasteiger partial charge in [-0.25, -0.2) is 0 Å². The van der Waals surface area contributed by atoms with Crippen LogP contribution in [0.25, 0.3) is 0 Å². The summed E-state index contributed by atoms with van der Waals surface area (Å²) in [6.45, 7) is 5.24. The molecule has 1 amide bonds. The van der Waals surface area contributed by atoms with Crippen LogP contribution in [0.3, 0.4) is 0 Å². The summed E-state index contributed by atoms with van der Waals surface area (Å²) in [7, 11) is 1.92. The molecule has 0 aromatic rings. The van der Waals surface area contributed by atoms with Crippen molar-refractivity contribution in [2.24, 2.45) is 0 Å². The van der Waals surface area contributed by atoms with Crippen molar-refractivity contribution in [2.75, 3.05) is 13.6 Å². The Morgan fingerprint density at radius 2 is 1.50 bits per heavy atom. The van der Waals surface area contributed by atoms with Gasteiger partial charge in [-0.3, -0.25) is 4.79 Å². The fraction of sp³-hybridized carbons (Fsp3) is 0.941. The molecule has 0 heterocycles. The summed E-state index contributed by atoms with van der Waals surface area (Å²) >= 11 is 3.52. The van der Waals surface area contributed by atoms with Gasteiger partial charge in [-0.15, -0.1) is 0 Å². The van der Waals surface area contributed by atoms with Crippen LogP contribution in [0.4, 0.5) is 0 Å². The van der Waals surface area contributed by atoms with Crippen LogP contribution in [0.5, 0.6) is 0 Å². The zero-order chi connectivity index (χ0) is 15.2. The van der Waals surface area contributed by atoms with Crippen molar-refractivity contribution in [2.45, 2.75) is 89.3 Å². The fourth-order valence-electron chi connectivity index (χ4n) is 2.27. The first kappa shape index (κ1) is 19.9. The third-order valence-corrected chi connectivity index (χ3v) is 4.24. The van der Waals surface area contributed by atoms with Gasteiger partial charge in [-0.05, 0) is 12.8 Å². The van der Waals surface area contributed by atoms with Gasteiger partial charge >= 0.3 is 0 Å². The van der Waals surface area contributed by atoms with Gasteiger partial charge in [0, 0.05) is 24.8 Å². The van der Waals surface area contributed by atoms with Gasteiger partial charge in [0.05, 0.1) is 0 Å². The highest BCUT2D eigenvalue weighted by Gasteiger charge is 2.08. The molecule has 3 heteroatoms. The lowest BCUT2D eigenvalue weighted by Crippen LogP contribution is -2.28. The second-order valence-corrected chi connectivity index (χ2v) is 7.53. The van der Waals surface area contributed by atoms with Crippen molar-refractivity contribution in [1.29, 1.82) is 0 Å². The molecule has 0 aliphatic carbocycles. The molecule has 0 radical (unpaired) electrons. The molecule has 0 saturated heterocycles. The van der Waals surface area contributed by atoms with Crippen LogP contribution in [-0.2, 0) is 4.79 Å². The standard InChI is InChI=1S/C17H34BrNO/c1-4-5-6-7-8-9-10-11-12-13-17(20)19(3)15-14-16(2)18/h16H,4-15H2,1-3H3. The zero-order valence-electron chi connectivity index (χ0n) is 13.8. The Morgan fingerprint density at radius 1 is 1.00 bits per heavy atom. The highest BCUT2D eigenvalue weighted by Crippen LogP contribution is 2.11. The minimum absolute atomic E-state index is 0.307. The molecule has 0 fully saturated rings. The highest BCUT2D eigenvalue weighted by molar-refractivity contribution is 9.09. The number of rotatable bonds is 13. The summed E-state index contributed by atoms with van der Waals surface area (Å²) in [6, 6.07) is 0. The molecule has 1 unspecified atom stereocenters. The van der Waals surface area contributed by atoms with Crippen molar-refractivity contribution in [3.8, 4) is 0 Å². The number of hydrogen-bond acceptors (Lipinski definition) is 1. The van der Waals surface area contributed by atoms with E-state index in [1.54, 1.807) is 0 Å². The molecule has 0 rings (SSSR count). The molecule has 1 atom stereocenters. The number of unbranched alkanes of at least 4 members (excludes halogenated alkanes) is 8. The van der Waals surface area contributed by atoms with Crippen LogP contribution in [0.2, 0.25) is 0 Å². The maximum Gasteiger partial charge on any atom is 0.222 e. The Kier molecular flexibility index (Phi) is 13.9. The zero-order valence-corrected chi connectivity index (χ0v) is 15.4. The normalized spacial score (nSPS) is 12.4. The highest BCUT2D eigenvalue weighted by atomic mass is 79.9. The summed E-state index contributed by atoms with van der Waals surface area (Å²) in [4.78, 5) is 14.2. The van der Waals surface area contributed by atoms with E-state index >= 15 is 0 Å². The number of alkyl halides is 1. The van der Waals surface area contributed by atoms with E-state index in [1.807, 2.05) is 11.9 Å². The van der Waals surface area contributed by atoms with E-state index in [-0.39, 0.29) is 0 Å². The van der Waals surface area contributed by atoms with Crippen LogP contribution < -0.4 is 0 Å². The molecule has 0 saturated carbocycles. The third kappa shape index (κ3) is 13.0. The van der Waals surface area contributed by atoms with Crippen molar-refractivity contribution in [3.63, 3.8) is 0 Å². The van der Waals surface area contributed by atoms with Crippen LogP contribution >= 0.6 is 15.9 Å². The number of amides is 1. The van der Waals surface area contributed by atoms with E-state index in [1.165, 1.54) is 51.4 Å². The average molecular weight is 348 g/mol. The Bertz CT molecular complexity index is 231. The summed E-state index contributed by atoms with van der Waals surface area (Å²) in [6.07, 6.45) is 13.5. The maximum absolute atomic E-state index is 11.9. The maximum atomic E-state index is 11.9. The van der Waals surface area contributed by atoms with Gasteiger partial charge in [0.15, 0.2) is 0 Å². The van der Waals surface area contributed by atoms with Crippen LogP contribution in [0.15, 0.2) is 0 Å². The van der Waals surface area contributed by atoms with Gasteiger partial charge in [-0.2, -0.15) is 0 Å². The number of halogens is 1. The quantitative estimate of drug-likeness (QED) is 0.316. The van der Waals surface area contributed by atoms with E-state index in [0.29, 0.717) is 10.7 Å². The van der Waals surface area contributed by atoms with E-state index in [2.05, 4.69) is 29.8 Å². The number of carbonyl (C=O) groups is 1. The van der Waals surface area contributed by atoms with Gasteiger partial charge in [-0.1, -0.05) is 81.1 Å². The summed E-state index contributed by atoms with van der Waals surface area (Å²) in [5.74, 6) is 0.307. The van der Waals surface area contributed by atoms with Crippen LogP contribution in [-0.4, -0.2) is 29.2 Å². The lowest BCUT2D eigenvalue weighted by Gasteiger charge is -2.17. The van der Waals surface area contributed by atoms with Crippen molar-refractivity contribution >= 4 is 21.8 Å². The first-order valence-electron chi connectivity index (χ1n) is 8.46. The van der Waals surface area contributed by atoms with Crippen molar-refractivity contribution in [1.82, 2.24) is 4.90 Å². The molecule has 20 heavy (non-hydrogen) atoms. The first-order chi connectivity index (χ1) is 9.57. The topological polar surface area (TPSA) is 20.3 Å². The van der Waals surface area contributed by atoms with Crippen LogP contribution in [0.1, 0.15) is 84.5 Å². The lowest BCUT2D eigenvalue weighted by molar-refractivity contribution is -0.130. The molecule has 0 aliphatic rings. The predicted molar refractivity (Wildman–Crippen MR) is 92.5 cm³/mol. The molecule has 0 aromatic heterocycles. The van der Waals surface area contributed by atoms with Gasteiger partial charge < -0.3 is 4.90 Å². The Balaban J connectivity index is 3.34. The molecule has 0 spiro atoms. The van der Waals surface area contributed by atoms with Gasteiger partial charge in [0.25, 0.3) is 0 Å². The molecule has 0 N–H and O–H groups in total. The molecule has 120 valence electrons. The molecule has 0 aliphatic heterocycles. The van der Waals surface area contributed by atoms with Crippen molar-refractivity contribution in [3.05, 3.63) is 0 Å². The molecule has 2 nitrogen and oxygen atoms in total. The van der Waals surface area contributed by atoms with E-state index in [0.717, 1.165) is 25.8 Å². The molecule has 0 bridgehead atoms. The van der Waals surface area contributed by atoms with E-state index in [9.17, 15) is 4.79 Å². The summed E-state index contributed by atoms with van der Waals surface area (Å²) in [5.41, 5.74) is 0. The molecule has 0 aromatic carbocycles. The number of carbonyl (C=O) groups excluding carboxylic acids is 1. The SMILES string of the molecule is CCCCCCCCCCCC(=O)N(C)CCC(C)Br. The van der Waals surface area contributed by atoms with Gasteiger partial charge in [0.2, 0.25) is 5.91 Å². The molecular weight excluding hydrogens is 314 g/mol. The Morgan fingerprint density at radius 3 is 2.00 bits per heavy atom. The predicted octanol–water partition coefficient (Wildman–Crippen LogP) is 5.54. The Labute approximate surface area is 134 Å². The number of hydrogen-bond donors (Lipinski definition) is 0. The van der Waals surface area contributed by atoms with Crippen molar-refractivity contribution < 1.29 is 4.79 Å². The second kappa shape index (κ2) is 13.9. The minimum atomic E-state index is 0.307.